The highest BCUT2D eigenvalue weighted by Gasteiger charge is 1.82. The molecular weight excluding hydrogens is 172 g/mol. The number of benzene rings is 1. The van der Waals surface area contributed by atoms with Crippen molar-refractivity contribution in [1.29, 1.82) is 0 Å². The average Bonchev–Trinajstić information content (AvgIpc) is 2.20. The van der Waals surface area contributed by atoms with Crippen molar-refractivity contribution >= 4 is 0 Å². The van der Waals surface area contributed by atoms with Gasteiger partial charge in [-0.15, -0.1) is 0 Å². The lowest BCUT2D eigenvalue weighted by molar-refractivity contribution is 0.475. The third kappa shape index (κ3) is 7.66. The van der Waals surface area contributed by atoms with Gasteiger partial charge in [-0.3, -0.25) is 0 Å². The van der Waals surface area contributed by atoms with Gasteiger partial charge in [-0.1, -0.05) is 57.2 Å². The van der Waals surface area contributed by atoms with Gasteiger partial charge in [0.1, 0.15) is 5.75 Å². The van der Waals surface area contributed by atoms with E-state index in [9.17, 15) is 0 Å². The van der Waals surface area contributed by atoms with E-state index in [0.717, 1.165) is 0 Å². The normalized spacial score (nSPS) is 9.07. The van der Waals surface area contributed by atoms with Crippen molar-refractivity contribution in [3.05, 3.63) is 29.8 Å². The molecule has 1 rings (SSSR count). The highest BCUT2D eigenvalue weighted by molar-refractivity contribution is 5.24. The van der Waals surface area contributed by atoms with Crippen LogP contribution in [0.25, 0.3) is 0 Å². The van der Waals surface area contributed by atoms with E-state index in [0.29, 0.717) is 5.75 Å². The molecule has 1 aromatic rings. The molecular formula is C13H22O. The van der Waals surface area contributed by atoms with Gasteiger partial charge >= 0.3 is 0 Å². The molecule has 1 aromatic carbocycles. The molecule has 14 heavy (non-hydrogen) atoms. The summed E-state index contributed by atoms with van der Waals surface area (Å²) in [5.41, 5.74) is 1.17. The molecule has 0 aliphatic carbocycles. The maximum Gasteiger partial charge on any atom is 0.115 e. The van der Waals surface area contributed by atoms with Gasteiger partial charge in [0.15, 0.2) is 0 Å². The number of phenolic OH excluding ortho intramolecular Hbond substituents is 1. The molecule has 0 spiro atoms. The number of hydrogen-bond acceptors (Lipinski definition) is 1. The average molecular weight is 194 g/mol. The van der Waals surface area contributed by atoms with Crippen molar-refractivity contribution in [1.82, 2.24) is 0 Å². The zero-order valence-electron chi connectivity index (χ0n) is 9.59. The molecule has 1 N–H and O–H groups in total. The first-order chi connectivity index (χ1) is 6.70. The summed E-state index contributed by atoms with van der Waals surface area (Å²) in [4.78, 5) is 0. The number of aryl methyl sites for hydroxylation is 1. The lowest BCUT2D eigenvalue weighted by Gasteiger charge is -1.89. The fourth-order valence-electron chi connectivity index (χ4n) is 1.04. The molecule has 0 saturated carbocycles. The van der Waals surface area contributed by atoms with Crippen molar-refractivity contribution in [2.75, 3.05) is 0 Å². The molecule has 0 atom stereocenters. The van der Waals surface area contributed by atoms with Crippen molar-refractivity contribution in [2.45, 2.75) is 46.5 Å². The highest BCUT2D eigenvalue weighted by atomic mass is 16.3. The Hall–Kier alpha value is -0.980. The number of unbranched alkanes of at least 4 members (excludes halogenated alkanes) is 3. The van der Waals surface area contributed by atoms with E-state index in [1.807, 2.05) is 19.1 Å². The molecule has 0 aliphatic heterocycles. The Kier molecular flexibility index (Phi) is 8.01. The first kappa shape index (κ1) is 13.0. The second-order valence-electron chi connectivity index (χ2n) is 3.54. The molecule has 0 radical (unpaired) electrons. The summed E-state index contributed by atoms with van der Waals surface area (Å²) in [6, 6.07) is 7.09. The predicted octanol–water partition coefficient (Wildman–Crippen LogP) is 4.29. The first-order valence-electron chi connectivity index (χ1n) is 5.46. The number of rotatable bonds is 3. The Labute approximate surface area is 87.8 Å². The zero-order chi connectivity index (χ0) is 10.8. The molecule has 0 heterocycles. The molecule has 0 aliphatic rings. The summed E-state index contributed by atoms with van der Waals surface area (Å²) < 4.78 is 0. The minimum Gasteiger partial charge on any atom is -0.508 e. The highest BCUT2D eigenvalue weighted by Crippen LogP contribution is 2.07. The van der Waals surface area contributed by atoms with E-state index in [1.54, 1.807) is 12.1 Å². The summed E-state index contributed by atoms with van der Waals surface area (Å²) in [7, 11) is 0. The van der Waals surface area contributed by atoms with Crippen LogP contribution in [0.4, 0.5) is 0 Å². The third-order valence-electron chi connectivity index (χ3n) is 1.99. The maximum atomic E-state index is 8.76. The SMILES string of the molecule is CCCCCC.Cc1ccc(O)cc1. The van der Waals surface area contributed by atoms with Gasteiger partial charge in [-0.2, -0.15) is 0 Å². The number of hydrogen-bond donors (Lipinski definition) is 1. The minimum absolute atomic E-state index is 0.329. The van der Waals surface area contributed by atoms with E-state index < -0.39 is 0 Å². The van der Waals surface area contributed by atoms with Gasteiger partial charge in [0.25, 0.3) is 0 Å². The lowest BCUT2D eigenvalue weighted by atomic mass is 10.2. The third-order valence-corrected chi connectivity index (χ3v) is 1.99. The van der Waals surface area contributed by atoms with Crippen molar-refractivity contribution in [2.24, 2.45) is 0 Å². The fourth-order valence-corrected chi connectivity index (χ4v) is 1.04. The Morgan fingerprint density at radius 1 is 0.929 bits per heavy atom. The van der Waals surface area contributed by atoms with E-state index in [4.69, 9.17) is 5.11 Å². The van der Waals surface area contributed by atoms with Crippen LogP contribution in [0.1, 0.15) is 45.1 Å². The monoisotopic (exact) mass is 194 g/mol. The Bertz CT molecular complexity index is 188. The van der Waals surface area contributed by atoms with Crippen LogP contribution in [0.15, 0.2) is 24.3 Å². The van der Waals surface area contributed by atoms with E-state index in [1.165, 1.54) is 31.2 Å². The summed E-state index contributed by atoms with van der Waals surface area (Å²) in [6.45, 7) is 6.45. The van der Waals surface area contributed by atoms with Gasteiger partial charge in [0, 0.05) is 0 Å². The van der Waals surface area contributed by atoms with Crippen LogP contribution in [-0.4, -0.2) is 5.11 Å². The Morgan fingerprint density at radius 3 is 1.64 bits per heavy atom. The summed E-state index contributed by atoms with van der Waals surface area (Å²) in [5.74, 6) is 0.329. The first-order valence-corrected chi connectivity index (χ1v) is 5.46. The largest absolute Gasteiger partial charge is 0.508 e. The van der Waals surface area contributed by atoms with E-state index >= 15 is 0 Å². The van der Waals surface area contributed by atoms with Gasteiger partial charge in [0.2, 0.25) is 0 Å². The summed E-state index contributed by atoms with van der Waals surface area (Å²) in [5, 5.41) is 8.76. The second kappa shape index (κ2) is 8.61. The van der Waals surface area contributed by atoms with Gasteiger partial charge in [-0.25, -0.2) is 0 Å². The molecule has 1 nitrogen and oxygen atoms in total. The molecule has 0 aromatic heterocycles. The Morgan fingerprint density at radius 2 is 1.36 bits per heavy atom. The van der Waals surface area contributed by atoms with Crippen LogP contribution >= 0.6 is 0 Å². The quantitative estimate of drug-likeness (QED) is 0.712. The molecule has 80 valence electrons. The van der Waals surface area contributed by atoms with Crippen LogP contribution in [0.3, 0.4) is 0 Å². The molecule has 0 bridgehead atoms. The van der Waals surface area contributed by atoms with Crippen LogP contribution < -0.4 is 0 Å². The smallest absolute Gasteiger partial charge is 0.115 e. The molecule has 0 amide bonds. The zero-order valence-corrected chi connectivity index (χ0v) is 9.59. The predicted molar refractivity (Wildman–Crippen MR) is 62.7 cm³/mol. The fraction of sp³-hybridized carbons (Fsp3) is 0.538. The van der Waals surface area contributed by atoms with Crippen molar-refractivity contribution in [3.8, 4) is 5.75 Å². The van der Waals surface area contributed by atoms with Crippen LogP contribution in [0.2, 0.25) is 0 Å². The van der Waals surface area contributed by atoms with Gasteiger partial charge in [-0.05, 0) is 19.1 Å². The summed E-state index contributed by atoms with van der Waals surface area (Å²) in [6.07, 6.45) is 5.54. The molecule has 0 saturated heterocycles. The number of aromatic hydroxyl groups is 1. The summed E-state index contributed by atoms with van der Waals surface area (Å²) >= 11 is 0. The van der Waals surface area contributed by atoms with Gasteiger partial charge in [0.05, 0.1) is 0 Å². The van der Waals surface area contributed by atoms with Crippen molar-refractivity contribution in [3.63, 3.8) is 0 Å². The van der Waals surface area contributed by atoms with Gasteiger partial charge < -0.3 is 5.11 Å². The Balaban J connectivity index is 0.000000255. The maximum absolute atomic E-state index is 8.76. The molecule has 1 heteroatoms. The standard InChI is InChI=1S/C7H8O.C6H14/c1-6-2-4-7(8)5-3-6;1-3-5-6-4-2/h2-5,8H,1H3;3-6H2,1-2H3. The number of phenols is 1. The molecule has 0 fully saturated rings. The minimum atomic E-state index is 0.329. The van der Waals surface area contributed by atoms with Crippen molar-refractivity contribution < 1.29 is 5.11 Å². The second-order valence-corrected chi connectivity index (χ2v) is 3.54. The van der Waals surface area contributed by atoms with Crippen LogP contribution in [-0.2, 0) is 0 Å². The van der Waals surface area contributed by atoms with Crippen LogP contribution in [0.5, 0.6) is 5.75 Å². The lowest BCUT2D eigenvalue weighted by Crippen LogP contribution is -1.66. The van der Waals surface area contributed by atoms with Crippen LogP contribution in [0, 0.1) is 6.92 Å². The molecule has 0 unspecified atom stereocenters. The van der Waals surface area contributed by atoms with E-state index in [-0.39, 0.29) is 0 Å². The van der Waals surface area contributed by atoms with E-state index in [2.05, 4.69) is 13.8 Å². The topological polar surface area (TPSA) is 20.2 Å².